The van der Waals surface area contributed by atoms with Crippen LogP contribution < -0.4 is 0 Å². The Bertz CT molecular complexity index is 748. The van der Waals surface area contributed by atoms with E-state index in [2.05, 4.69) is 32.7 Å². The van der Waals surface area contributed by atoms with Gasteiger partial charge in [-0.1, -0.05) is 0 Å². The molecule has 0 saturated carbocycles. The predicted molar refractivity (Wildman–Crippen MR) is 83.3 cm³/mol. The van der Waals surface area contributed by atoms with Crippen molar-refractivity contribution >= 4 is 22.4 Å². The summed E-state index contributed by atoms with van der Waals surface area (Å²) in [4.78, 5) is 14.6. The zero-order chi connectivity index (χ0) is 15.2. The second kappa shape index (κ2) is 4.82. The van der Waals surface area contributed by atoms with Gasteiger partial charge in [-0.3, -0.25) is 4.79 Å². The largest absolute Gasteiger partial charge is 0.507 e. The smallest absolute Gasteiger partial charge is 0.156 e. The van der Waals surface area contributed by atoms with E-state index in [4.69, 9.17) is 0 Å². The highest BCUT2D eigenvalue weighted by Gasteiger charge is 2.19. The quantitative estimate of drug-likeness (QED) is 0.635. The first kappa shape index (κ1) is 14.4. The molecule has 0 aliphatic carbocycles. The van der Waals surface area contributed by atoms with Gasteiger partial charge in [0, 0.05) is 28.2 Å². The molecule has 2 rings (SSSR count). The highest BCUT2D eigenvalue weighted by atomic mass is 16.3. The lowest BCUT2D eigenvalue weighted by Gasteiger charge is -2.12. The molecule has 106 valence electrons. The first-order chi connectivity index (χ1) is 9.25. The van der Waals surface area contributed by atoms with Crippen LogP contribution in [0.1, 0.15) is 40.4 Å². The number of carbonyl (C=O) groups is 1. The Morgan fingerprint density at radius 1 is 1.00 bits per heavy atom. The Labute approximate surface area is 119 Å². The highest BCUT2D eigenvalue weighted by molar-refractivity contribution is 6.02. The molecule has 2 N–H and O–H groups in total. The summed E-state index contributed by atoms with van der Waals surface area (Å²) in [5, 5.41) is 11.3. The zero-order valence-electron chi connectivity index (χ0n) is 12.9. The number of aliphatic hydroxyl groups is 1. The molecule has 0 amide bonds. The number of ketones is 1. The molecule has 20 heavy (non-hydrogen) atoms. The number of allylic oxidation sites excluding steroid dienone is 1. The lowest BCUT2D eigenvalue weighted by molar-refractivity contribution is -0.112. The molecule has 3 heteroatoms. The maximum absolute atomic E-state index is 11.2. The third-order valence-corrected chi connectivity index (χ3v) is 4.22. The number of rotatable bonds is 2. The summed E-state index contributed by atoms with van der Waals surface area (Å²) in [6.07, 6.45) is 1.28. The van der Waals surface area contributed by atoms with E-state index in [-0.39, 0.29) is 11.5 Å². The molecule has 2 aromatic rings. The molecular weight excluding hydrogens is 250 g/mol. The van der Waals surface area contributed by atoms with Crippen LogP contribution in [0.4, 0.5) is 0 Å². The SMILES string of the molecule is CC(=O)C=C(O)c1c(C)[nH]c2c(C)c(C)c(C)c(C)c12. The van der Waals surface area contributed by atoms with Gasteiger partial charge in [-0.15, -0.1) is 0 Å². The van der Waals surface area contributed by atoms with Crippen molar-refractivity contribution in [1.82, 2.24) is 4.98 Å². The van der Waals surface area contributed by atoms with Gasteiger partial charge >= 0.3 is 0 Å². The van der Waals surface area contributed by atoms with Gasteiger partial charge in [0.15, 0.2) is 5.78 Å². The van der Waals surface area contributed by atoms with E-state index in [9.17, 15) is 9.90 Å². The van der Waals surface area contributed by atoms with Crippen molar-refractivity contribution in [3.63, 3.8) is 0 Å². The fraction of sp³-hybridized carbons (Fsp3) is 0.353. The average Bonchev–Trinajstić information content (AvgIpc) is 2.70. The molecule has 0 unspecified atom stereocenters. The van der Waals surface area contributed by atoms with Crippen molar-refractivity contribution in [2.24, 2.45) is 0 Å². The number of aryl methyl sites for hydroxylation is 3. The van der Waals surface area contributed by atoms with Crippen LogP contribution in [0.2, 0.25) is 0 Å². The van der Waals surface area contributed by atoms with Crippen molar-refractivity contribution < 1.29 is 9.90 Å². The maximum atomic E-state index is 11.2. The van der Waals surface area contributed by atoms with Crippen LogP contribution in [-0.2, 0) is 4.79 Å². The molecule has 0 bridgehead atoms. The van der Waals surface area contributed by atoms with E-state index in [1.54, 1.807) is 0 Å². The van der Waals surface area contributed by atoms with E-state index in [0.717, 1.165) is 27.7 Å². The van der Waals surface area contributed by atoms with Crippen LogP contribution in [0.25, 0.3) is 16.7 Å². The molecule has 0 saturated heterocycles. The molecule has 0 aliphatic heterocycles. The van der Waals surface area contributed by atoms with Gasteiger partial charge in [0.05, 0.1) is 0 Å². The summed E-state index contributed by atoms with van der Waals surface area (Å²) >= 11 is 0. The number of H-pyrrole nitrogens is 1. The molecule has 1 heterocycles. The minimum Gasteiger partial charge on any atom is -0.507 e. The van der Waals surface area contributed by atoms with Crippen LogP contribution in [-0.4, -0.2) is 15.9 Å². The second-order valence-corrected chi connectivity index (χ2v) is 5.52. The molecule has 0 fully saturated rings. The Morgan fingerprint density at radius 2 is 1.55 bits per heavy atom. The fourth-order valence-corrected chi connectivity index (χ4v) is 2.80. The third kappa shape index (κ3) is 2.03. The standard InChI is InChI=1S/C17H21NO2/c1-8(19)7-14(20)16-13(6)18-17-12(5)10(3)9(2)11(4)15(16)17/h7,18,20H,1-6H3. The molecular formula is C17H21NO2. The molecule has 0 spiro atoms. The Morgan fingerprint density at radius 3 is 2.10 bits per heavy atom. The molecule has 1 aromatic heterocycles. The van der Waals surface area contributed by atoms with Crippen LogP contribution in [0.5, 0.6) is 0 Å². The van der Waals surface area contributed by atoms with Crippen molar-refractivity contribution in [2.75, 3.05) is 0 Å². The van der Waals surface area contributed by atoms with E-state index >= 15 is 0 Å². The van der Waals surface area contributed by atoms with Crippen LogP contribution in [0.3, 0.4) is 0 Å². The first-order valence-electron chi connectivity index (χ1n) is 6.76. The molecule has 0 aliphatic rings. The zero-order valence-corrected chi connectivity index (χ0v) is 12.9. The second-order valence-electron chi connectivity index (χ2n) is 5.52. The normalized spacial score (nSPS) is 12.2. The Hall–Kier alpha value is -2.03. The summed E-state index contributed by atoms with van der Waals surface area (Å²) in [6.45, 7) is 11.7. The summed E-state index contributed by atoms with van der Waals surface area (Å²) in [7, 11) is 0. The highest BCUT2D eigenvalue weighted by Crippen LogP contribution is 2.35. The number of benzene rings is 1. The van der Waals surface area contributed by atoms with Crippen LogP contribution in [0.15, 0.2) is 6.08 Å². The van der Waals surface area contributed by atoms with E-state index in [0.29, 0.717) is 0 Å². The Balaban J connectivity index is 2.94. The molecule has 1 aromatic carbocycles. The topological polar surface area (TPSA) is 53.1 Å². The van der Waals surface area contributed by atoms with Gasteiger partial charge in [0.2, 0.25) is 0 Å². The van der Waals surface area contributed by atoms with Gasteiger partial charge in [-0.05, 0) is 63.8 Å². The molecule has 3 nitrogen and oxygen atoms in total. The predicted octanol–water partition coefficient (Wildman–Crippen LogP) is 4.20. The van der Waals surface area contributed by atoms with Gasteiger partial charge in [0.1, 0.15) is 5.76 Å². The van der Waals surface area contributed by atoms with Crippen molar-refractivity contribution in [2.45, 2.75) is 41.5 Å². The van der Waals surface area contributed by atoms with E-state index in [1.165, 1.54) is 29.7 Å². The molecule has 0 atom stereocenters. The Kier molecular flexibility index (Phi) is 3.46. The number of nitrogens with one attached hydrogen (secondary N) is 1. The number of aliphatic hydroxyl groups excluding tert-OH is 1. The van der Waals surface area contributed by atoms with Gasteiger partial charge < -0.3 is 10.1 Å². The van der Waals surface area contributed by atoms with Crippen LogP contribution in [0, 0.1) is 34.6 Å². The number of carbonyl (C=O) groups excluding carboxylic acids is 1. The lowest BCUT2D eigenvalue weighted by Crippen LogP contribution is -1.95. The maximum Gasteiger partial charge on any atom is 0.156 e. The van der Waals surface area contributed by atoms with E-state index in [1.807, 2.05) is 6.92 Å². The van der Waals surface area contributed by atoms with Crippen molar-refractivity contribution in [1.29, 1.82) is 0 Å². The monoisotopic (exact) mass is 271 g/mol. The lowest BCUT2D eigenvalue weighted by atomic mass is 9.93. The van der Waals surface area contributed by atoms with Crippen molar-refractivity contribution in [3.05, 3.63) is 39.6 Å². The summed E-state index contributed by atoms with van der Waals surface area (Å²) in [5.41, 5.74) is 7.48. The number of fused-ring (bicyclic) bond motifs is 1. The number of hydrogen-bond donors (Lipinski definition) is 2. The number of hydrogen-bond acceptors (Lipinski definition) is 2. The van der Waals surface area contributed by atoms with Gasteiger partial charge in [0.25, 0.3) is 0 Å². The van der Waals surface area contributed by atoms with E-state index < -0.39 is 0 Å². The third-order valence-electron chi connectivity index (χ3n) is 4.22. The summed E-state index contributed by atoms with van der Waals surface area (Å²) < 4.78 is 0. The first-order valence-corrected chi connectivity index (χ1v) is 6.76. The van der Waals surface area contributed by atoms with Gasteiger partial charge in [-0.25, -0.2) is 0 Å². The average molecular weight is 271 g/mol. The fourth-order valence-electron chi connectivity index (χ4n) is 2.80. The minimum absolute atomic E-state index is 0.0343. The number of aromatic amines is 1. The minimum atomic E-state index is -0.158. The number of aromatic nitrogens is 1. The van der Waals surface area contributed by atoms with Gasteiger partial charge in [-0.2, -0.15) is 0 Å². The van der Waals surface area contributed by atoms with Crippen molar-refractivity contribution in [3.8, 4) is 0 Å². The summed E-state index contributed by atoms with van der Waals surface area (Å²) in [6, 6.07) is 0. The van der Waals surface area contributed by atoms with Crippen LogP contribution >= 0.6 is 0 Å². The summed E-state index contributed by atoms with van der Waals surface area (Å²) in [5.74, 6) is -0.124. The molecule has 0 radical (unpaired) electrons.